The first-order valence-corrected chi connectivity index (χ1v) is 7.38. The molecule has 0 aliphatic carbocycles. The topological polar surface area (TPSA) is 94.2 Å². The van der Waals surface area contributed by atoms with Gasteiger partial charge in [-0.15, -0.1) is 0 Å². The van der Waals surface area contributed by atoms with E-state index in [-0.39, 0.29) is 24.8 Å². The van der Waals surface area contributed by atoms with Crippen molar-refractivity contribution >= 4 is 41.1 Å². The van der Waals surface area contributed by atoms with E-state index in [1.165, 1.54) is 0 Å². The molecule has 0 unspecified atom stereocenters. The van der Waals surface area contributed by atoms with Crippen LogP contribution in [0, 0.1) is 0 Å². The summed E-state index contributed by atoms with van der Waals surface area (Å²) >= 11 is 11.7. The Morgan fingerprint density at radius 3 is 2.61 bits per heavy atom. The Bertz CT molecular complexity index is 724. The number of anilines is 2. The predicted octanol–water partition coefficient (Wildman–Crippen LogP) is 2.11. The minimum Gasteiger partial charge on any atom is -0.457 e. The molecule has 1 aromatic heterocycles. The Hall–Kier alpha value is -2.12. The van der Waals surface area contributed by atoms with Crippen LogP contribution >= 0.6 is 23.2 Å². The van der Waals surface area contributed by atoms with Crippen molar-refractivity contribution in [3.63, 3.8) is 0 Å². The second-order valence-corrected chi connectivity index (χ2v) is 5.70. The average molecular weight is 356 g/mol. The van der Waals surface area contributed by atoms with E-state index in [2.05, 4.69) is 15.0 Å². The molecule has 122 valence electrons. The van der Waals surface area contributed by atoms with E-state index < -0.39 is 5.97 Å². The normalized spacial score (nSPS) is 10.4. The molecule has 0 aliphatic rings. The van der Waals surface area contributed by atoms with Gasteiger partial charge in [0.15, 0.2) is 12.4 Å². The third-order valence-corrected chi connectivity index (χ3v) is 3.52. The number of carbonyl (C=O) groups excluding carboxylic acids is 1. The van der Waals surface area contributed by atoms with Gasteiger partial charge in [-0.25, -0.2) is 0 Å². The first-order valence-electron chi connectivity index (χ1n) is 6.62. The Kier molecular flexibility index (Phi) is 5.57. The molecule has 9 heteroatoms. The summed E-state index contributed by atoms with van der Waals surface area (Å²) in [5.41, 5.74) is 6.30. The van der Waals surface area contributed by atoms with Crippen LogP contribution in [0.1, 0.15) is 11.4 Å². The Morgan fingerprint density at radius 2 is 1.96 bits per heavy atom. The van der Waals surface area contributed by atoms with Gasteiger partial charge in [0, 0.05) is 14.1 Å². The lowest BCUT2D eigenvalue weighted by atomic mass is 10.1. The van der Waals surface area contributed by atoms with Crippen LogP contribution in [-0.2, 0) is 22.6 Å². The fourth-order valence-corrected chi connectivity index (χ4v) is 2.02. The Balaban J connectivity index is 1.97. The van der Waals surface area contributed by atoms with Gasteiger partial charge in [-0.1, -0.05) is 29.3 Å². The first-order chi connectivity index (χ1) is 10.8. The molecule has 0 bridgehead atoms. The lowest BCUT2D eigenvalue weighted by molar-refractivity contribution is -0.144. The van der Waals surface area contributed by atoms with Crippen LogP contribution < -0.4 is 10.6 Å². The molecule has 0 atom stereocenters. The molecular weight excluding hydrogens is 341 g/mol. The molecule has 0 spiro atoms. The maximum Gasteiger partial charge on any atom is 0.310 e. The van der Waals surface area contributed by atoms with Crippen molar-refractivity contribution in [1.82, 2.24) is 15.0 Å². The Labute approximate surface area is 143 Å². The summed E-state index contributed by atoms with van der Waals surface area (Å²) in [5, 5.41) is 0.818. The van der Waals surface area contributed by atoms with Crippen LogP contribution in [0.25, 0.3) is 0 Å². The lowest BCUT2D eigenvalue weighted by Crippen LogP contribution is -2.17. The zero-order valence-electron chi connectivity index (χ0n) is 12.6. The number of ether oxygens (including phenoxy) is 1. The van der Waals surface area contributed by atoms with Gasteiger partial charge >= 0.3 is 5.97 Å². The highest BCUT2D eigenvalue weighted by molar-refractivity contribution is 6.42. The van der Waals surface area contributed by atoms with Gasteiger partial charge in [-0.05, 0) is 17.7 Å². The standard InChI is InChI=1S/C14H15Cl2N5O2/c1-21(2)14-19-11(18-13(17)20-14)7-23-12(22)6-8-3-4-9(15)10(16)5-8/h3-5H,6-7H2,1-2H3,(H2,17,18,19,20). The smallest absolute Gasteiger partial charge is 0.310 e. The van der Waals surface area contributed by atoms with Crippen molar-refractivity contribution in [2.24, 2.45) is 0 Å². The van der Waals surface area contributed by atoms with E-state index in [9.17, 15) is 4.79 Å². The minimum atomic E-state index is -0.436. The number of esters is 1. The van der Waals surface area contributed by atoms with E-state index in [4.69, 9.17) is 33.7 Å². The molecule has 1 heterocycles. The second-order valence-electron chi connectivity index (χ2n) is 4.89. The highest BCUT2D eigenvalue weighted by Gasteiger charge is 2.11. The molecule has 7 nitrogen and oxygen atoms in total. The van der Waals surface area contributed by atoms with E-state index in [0.29, 0.717) is 21.6 Å². The SMILES string of the molecule is CN(C)c1nc(N)nc(COC(=O)Cc2ccc(Cl)c(Cl)c2)n1. The fraction of sp³-hybridized carbons (Fsp3) is 0.286. The number of hydrogen-bond donors (Lipinski definition) is 1. The van der Waals surface area contributed by atoms with Crippen LogP contribution in [-0.4, -0.2) is 35.0 Å². The van der Waals surface area contributed by atoms with Crippen LogP contribution in [0.3, 0.4) is 0 Å². The summed E-state index contributed by atoms with van der Waals surface area (Å²) in [5.74, 6) is 0.310. The number of rotatable bonds is 5. The van der Waals surface area contributed by atoms with Gasteiger partial charge in [0.2, 0.25) is 11.9 Å². The number of benzene rings is 1. The van der Waals surface area contributed by atoms with E-state index in [1.807, 2.05) is 0 Å². The fourth-order valence-electron chi connectivity index (χ4n) is 1.70. The van der Waals surface area contributed by atoms with Gasteiger partial charge in [0.05, 0.1) is 16.5 Å². The van der Waals surface area contributed by atoms with Crippen LogP contribution in [0.4, 0.5) is 11.9 Å². The third kappa shape index (κ3) is 4.94. The predicted molar refractivity (Wildman–Crippen MR) is 88.5 cm³/mol. The van der Waals surface area contributed by atoms with Crippen molar-refractivity contribution < 1.29 is 9.53 Å². The van der Waals surface area contributed by atoms with Gasteiger partial charge in [-0.2, -0.15) is 15.0 Å². The molecule has 2 N–H and O–H groups in total. The van der Waals surface area contributed by atoms with E-state index in [1.54, 1.807) is 37.2 Å². The number of nitrogen functional groups attached to an aromatic ring is 1. The molecule has 0 fully saturated rings. The van der Waals surface area contributed by atoms with Crippen LogP contribution in [0.2, 0.25) is 10.0 Å². The summed E-state index contributed by atoms with van der Waals surface area (Å²) in [4.78, 5) is 25.6. The van der Waals surface area contributed by atoms with Crippen molar-refractivity contribution in [3.8, 4) is 0 Å². The van der Waals surface area contributed by atoms with E-state index in [0.717, 1.165) is 0 Å². The van der Waals surface area contributed by atoms with Gasteiger partial charge in [-0.3, -0.25) is 4.79 Å². The van der Waals surface area contributed by atoms with Gasteiger partial charge < -0.3 is 15.4 Å². The second kappa shape index (κ2) is 7.43. The highest BCUT2D eigenvalue weighted by atomic mass is 35.5. The number of nitrogens with two attached hydrogens (primary N) is 1. The molecule has 2 aromatic rings. The molecule has 0 aliphatic heterocycles. The summed E-state index contributed by atoms with van der Waals surface area (Å²) in [6.07, 6.45) is 0.0675. The molecule has 0 amide bonds. The number of carbonyl (C=O) groups is 1. The summed E-state index contributed by atoms with van der Waals surface area (Å²) in [6, 6.07) is 4.96. The number of hydrogen-bond acceptors (Lipinski definition) is 7. The zero-order chi connectivity index (χ0) is 17.0. The molecule has 0 saturated carbocycles. The molecule has 0 saturated heterocycles. The largest absolute Gasteiger partial charge is 0.457 e. The quantitative estimate of drug-likeness (QED) is 0.820. The first kappa shape index (κ1) is 17.2. The lowest BCUT2D eigenvalue weighted by Gasteiger charge is -2.11. The third-order valence-electron chi connectivity index (χ3n) is 2.78. The van der Waals surface area contributed by atoms with Crippen LogP contribution in [0.5, 0.6) is 0 Å². The summed E-state index contributed by atoms with van der Waals surface area (Å²) in [7, 11) is 3.55. The zero-order valence-corrected chi connectivity index (χ0v) is 14.1. The average Bonchev–Trinajstić information content (AvgIpc) is 2.48. The number of nitrogens with zero attached hydrogens (tertiary/aromatic N) is 4. The Morgan fingerprint density at radius 1 is 1.22 bits per heavy atom. The molecule has 2 rings (SSSR count). The maximum atomic E-state index is 11.9. The molecule has 0 radical (unpaired) electrons. The summed E-state index contributed by atoms with van der Waals surface area (Å²) in [6.45, 7) is -0.0896. The number of aromatic nitrogens is 3. The van der Waals surface area contributed by atoms with Crippen molar-refractivity contribution in [3.05, 3.63) is 39.6 Å². The van der Waals surface area contributed by atoms with Gasteiger partial charge in [0.1, 0.15) is 0 Å². The summed E-state index contributed by atoms with van der Waals surface area (Å²) < 4.78 is 5.15. The van der Waals surface area contributed by atoms with Gasteiger partial charge in [0.25, 0.3) is 0 Å². The molecule has 23 heavy (non-hydrogen) atoms. The van der Waals surface area contributed by atoms with Crippen molar-refractivity contribution in [1.29, 1.82) is 0 Å². The highest BCUT2D eigenvalue weighted by Crippen LogP contribution is 2.22. The molecule has 1 aromatic carbocycles. The monoisotopic (exact) mass is 355 g/mol. The van der Waals surface area contributed by atoms with Crippen molar-refractivity contribution in [2.45, 2.75) is 13.0 Å². The maximum absolute atomic E-state index is 11.9. The van der Waals surface area contributed by atoms with Crippen molar-refractivity contribution in [2.75, 3.05) is 24.7 Å². The van der Waals surface area contributed by atoms with Crippen LogP contribution in [0.15, 0.2) is 18.2 Å². The van der Waals surface area contributed by atoms with E-state index >= 15 is 0 Å². The molecular formula is C14H15Cl2N5O2. The number of halogens is 2. The minimum absolute atomic E-state index is 0.0675.